The second-order valence-electron chi connectivity index (χ2n) is 5.27. The van der Waals surface area contributed by atoms with Crippen LogP contribution in [0, 0.1) is 17.2 Å². The van der Waals surface area contributed by atoms with Crippen molar-refractivity contribution < 1.29 is 9.53 Å². The molecule has 1 rings (SSSR count). The number of hydrogen-bond donors (Lipinski definition) is 0. The topological polar surface area (TPSA) is 66.2 Å². The van der Waals surface area contributed by atoms with Gasteiger partial charge >= 0.3 is 5.97 Å². The number of rotatable bonds is 6. The monoisotopic (exact) mass is 295 g/mol. The molecule has 0 amide bonds. The third-order valence-corrected chi connectivity index (χ3v) is 3.97. The highest BCUT2D eigenvalue weighted by atomic mass is 32.1. The lowest BCUT2D eigenvalue weighted by atomic mass is 9.90. The molecule has 0 bridgehead atoms. The Morgan fingerprint density at radius 2 is 2.30 bits per heavy atom. The summed E-state index contributed by atoms with van der Waals surface area (Å²) in [5, 5.41) is 11.5. The maximum absolute atomic E-state index is 12.0. The van der Waals surface area contributed by atoms with Gasteiger partial charge in [0, 0.05) is 19.0 Å². The number of thiazole rings is 1. The Bertz CT molecular complexity index is 505. The van der Waals surface area contributed by atoms with E-state index in [1.165, 1.54) is 11.3 Å². The highest BCUT2D eigenvalue weighted by molar-refractivity contribution is 7.13. The molecule has 0 N–H and O–H groups in total. The van der Waals surface area contributed by atoms with Gasteiger partial charge in [-0.3, -0.25) is 4.79 Å². The maximum Gasteiger partial charge on any atom is 0.317 e. The number of hydrogen-bond acceptors (Lipinski definition) is 6. The lowest BCUT2D eigenvalue weighted by molar-refractivity contribution is -0.148. The summed E-state index contributed by atoms with van der Waals surface area (Å²) in [6.07, 6.45) is 0. The lowest BCUT2D eigenvalue weighted by Crippen LogP contribution is -2.31. The second-order valence-corrected chi connectivity index (χ2v) is 6.11. The molecule has 1 aromatic heterocycles. The fraction of sp³-hybridized carbons (Fsp3) is 0.643. The van der Waals surface area contributed by atoms with Gasteiger partial charge in [0.25, 0.3) is 0 Å². The summed E-state index contributed by atoms with van der Waals surface area (Å²) in [7, 11) is 1.90. The predicted molar refractivity (Wildman–Crippen MR) is 79.8 cm³/mol. The first-order valence-electron chi connectivity index (χ1n) is 6.56. The van der Waals surface area contributed by atoms with E-state index in [2.05, 4.69) is 11.1 Å². The molecule has 0 spiro atoms. The average molecular weight is 295 g/mol. The first-order chi connectivity index (χ1) is 9.32. The Morgan fingerprint density at radius 1 is 1.65 bits per heavy atom. The Labute approximate surface area is 124 Å². The maximum atomic E-state index is 12.0. The molecule has 1 atom stereocenters. The lowest BCUT2D eigenvalue weighted by Gasteiger charge is -2.20. The van der Waals surface area contributed by atoms with Crippen molar-refractivity contribution >= 4 is 22.4 Å². The molecule has 0 aliphatic heterocycles. The van der Waals surface area contributed by atoms with E-state index in [0.29, 0.717) is 18.8 Å². The van der Waals surface area contributed by atoms with Gasteiger partial charge in [0.1, 0.15) is 5.41 Å². The van der Waals surface area contributed by atoms with E-state index in [1.807, 2.05) is 38.1 Å². The number of aromatic nitrogens is 1. The molecule has 0 saturated carbocycles. The molecule has 5 nitrogen and oxygen atoms in total. The van der Waals surface area contributed by atoms with Crippen LogP contribution in [-0.4, -0.2) is 31.2 Å². The molecule has 0 aromatic carbocycles. The number of nitriles is 1. The molecule has 110 valence electrons. The number of carbonyl (C=O) groups excluding carboxylic acids is 1. The molecule has 0 aliphatic rings. The Hall–Kier alpha value is -1.61. The number of carbonyl (C=O) groups is 1. The average Bonchev–Trinajstić information content (AvgIpc) is 2.89. The number of esters is 1. The van der Waals surface area contributed by atoms with Gasteiger partial charge in [0.05, 0.1) is 24.3 Å². The van der Waals surface area contributed by atoms with Crippen LogP contribution >= 0.6 is 11.3 Å². The third-order valence-electron chi connectivity index (χ3n) is 3.01. The zero-order chi connectivity index (χ0) is 15.3. The van der Waals surface area contributed by atoms with Crippen LogP contribution < -0.4 is 4.90 Å². The summed E-state index contributed by atoms with van der Waals surface area (Å²) in [6, 6.07) is 2.20. The van der Waals surface area contributed by atoms with Gasteiger partial charge in [-0.25, -0.2) is 4.98 Å². The summed E-state index contributed by atoms with van der Waals surface area (Å²) in [4.78, 5) is 18.4. The van der Waals surface area contributed by atoms with Crippen molar-refractivity contribution in [3.63, 3.8) is 0 Å². The zero-order valence-corrected chi connectivity index (χ0v) is 13.5. The molecule has 0 fully saturated rings. The van der Waals surface area contributed by atoms with Gasteiger partial charge in [-0.2, -0.15) is 5.26 Å². The quantitative estimate of drug-likeness (QED) is 0.755. The molecule has 0 saturated heterocycles. The minimum absolute atomic E-state index is 0.0644. The molecule has 1 heterocycles. The van der Waals surface area contributed by atoms with E-state index in [4.69, 9.17) is 10.00 Å². The minimum atomic E-state index is -0.757. The molecular formula is C14H21N3O2S. The highest BCUT2D eigenvalue weighted by Gasteiger charge is 2.34. The predicted octanol–water partition coefficient (Wildman–Crippen LogP) is 2.58. The van der Waals surface area contributed by atoms with E-state index in [-0.39, 0.29) is 11.9 Å². The van der Waals surface area contributed by atoms with Crippen LogP contribution in [0.2, 0.25) is 0 Å². The Kier molecular flexibility index (Phi) is 5.52. The summed E-state index contributed by atoms with van der Waals surface area (Å²) in [6.45, 7) is 8.25. The van der Waals surface area contributed by atoms with Crippen LogP contribution in [0.5, 0.6) is 0 Å². The SMILES string of the molecule is CCOC(=O)C(C)(C)c1csc(N(C)CC(C)C#N)n1. The van der Waals surface area contributed by atoms with Gasteiger partial charge in [-0.1, -0.05) is 0 Å². The van der Waals surface area contributed by atoms with Crippen LogP contribution in [-0.2, 0) is 14.9 Å². The van der Waals surface area contributed by atoms with Gasteiger partial charge in [0.15, 0.2) is 5.13 Å². The molecular weight excluding hydrogens is 274 g/mol. The smallest absolute Gasteiger partial charge is 0.317 e. The first kappa shape index (κ1) is 16.4. The van der Waals surface area contributed by atoms with E-state index in [0.717, 1.165) is 5.13 Å². The van der Waals surface area contributed by atoms with Crippen LogP contribution in [0.4, 0.5) is 5.13 Å². The third kappa shape index (κ3) is 3.70. The summed E-state index contributed by atoms with van der Waals surface area (Å²) < 4.78 is 5.08. The van der Waals surface area contributed by atoms with Crippen LogP contribution in [0.3, 0.4) is 0 Å². The van der Waals surface area contributed by atoms with E-state index < -0.39 is 5.41 Å². The van der Waals surface area contributed by atoms with Crippen LogP contribution in [0.25, 0.3) is 0 Å². The molecule has 1 aromatic rings. The number of anilines is 1. The van der Waals surface area contributed by atoms with Crippen molar-refractivity contribution in [2.45, 2.75) is 33.1 Å². The normalized spacial score (nSPS) is 12.6. The Morgan fingerprint density at radius 3 is 2.85 bits per heavy atom. The standard InChI is InChI=1S/C14H21N3O2S/c1-6-19-12(18)14(3,4)11-9-20-13(16-11)17(5)8-10(2)7-15/h9-10H,6,8H2,1-5H3. The summed E-state index contributed by atoms with van der Waals surface area (Å²) in [5.41, 5.74) is -0.0562. The van der Waals surface area contributed by atoms with Crippen molar-refractivity contribution in [3.8, 4) is 6.07 Å². The fourth-order valence-electron chi connectivity index (χ4n) is 1.67. The first-order valence-corrected chi connectivity index (χ1v) is 7.44. The van der Waals surface area contributed by atoms with Gasteiger partial charge in [0.2, 0.25) is 0 Å². The van der Waals surface area contributed by atoms with Crippen molar-refractivity contribution in [1.29, 1.82) is 5.26 Å². The number of ether oxygens (including phenoxy) is 1. The highest BCUT2D eigenvalue weighted by Crippen LogP contribution is 2.29. The van der Waals surface area contributed by atoms with Gasteiger partial charge < -0.3 is 9.64 Å². The molecule has 20 heavy (non-hydrogen) atoms. The summed E-state index contributed by atoms with van der Waals surface area (Å²) in [5.74, 6) is -0.338. The van der Waals surface area contributed by atoms with Crippen molar-refractivity contribution in [1.82, 2.24) is 4.98 Å². The second kappa shape index (κ2) is 6.71. The van der Waals surface area contributed by atoms with Crippen molar-refractivity contribution in [2.75, 3.05) is 25.1 Å². The van der Waals surface area contributed by atoms with Gasteiger partial charge in [-0.15, -0.1) is 11.3 Å². The Balaban J connectivity index is 2.86. The largest absolute Gasteiger partial charge is 0.465 e. The van der Waals surface area contributed by atoms with Gasteiger partial charge in [-0.05, 0) is 27.7 Å². The molecule has 6 heteroatoms. The van der Waals surface area contributed by atoms with Crippen molar-refractivity contribution in [2.24, 2.45) is 5.92 Å². The van der Waals surface area contributed by atoms with E-state index in [9.17, 15) is 4.79 Å². The van der Waals surface area contributed by atoms with Crippen molar-refractivity contribution in [3.05, 3.63) is 11.1 Å². The minimum Gasteiger partial charge on any atom is -0.465 e. The molecule has 1 unspecified atom stereocenters. The van der Waals surface area contributed by atoms with E-state index >= 15 is 0 Å². The molecule has 0 aliphatic carbocycles. The zero-order valence-electron chi connectivity index (χ0n) is 12.6. The summed E-state index contributed by atoms with van der Waals surface area (Å²) >= 11 is 1.47. The fourth-order valence-corrected chi connectivity index (χ4v) is 2.64. The number of nitrogens with zero attached hydrogens (tertiary/aromatic N) is 3. The molecule has 0 radical (unpaired) electrons. The van der Waals surface area contributed by atoms with Crippen LogP contribution in [0.1, 0.15) is 33.4 Å². The van der Waals surface area contributed by atoms with Crippen LogP contribution in [0.15, 0.2) is 5.38 Å². The van der Waals surface area contributed by atoms with E-state index in [1.54, 1.807) is 6.92 Å².